The molecule has 2 atom stereocenters. The van der Waals surface area contributed by atoms with Crippen molar-refractivity contribution in [2.75, 3.05) is 13.1 Å². The first-order valence-electron chi connectivity index (χ1n) is 8.49. The Balaban J connectivity index is 1.79. The van der Waals surface area contributed by atoms with Gasteiger partial charge in [0.05, 0.1) is 6.10 Å². The van der Waals surface area contributed by atoms with Gasteiger partial charge in [0.25, 0.3) is 0 Å². The van der Waals surface area contributed by atoms with Crippen LogP contribution in [0.25, 0.3) is 0 Å². The van der Waals surface area contributed by atoms with Crippen LogP contribution in [-0.4, -0.2) is 35.1 Å². The van der Waals surface area contributed by atoms with Crippen molar-refractivity contribution in [1.82, 2.24) is 4.90 Å². The Labute approximate surface area is 134 Å². The number of benzene rings is 1. The van der Waals surface area contributed by atoms with Gasteiger partial charge in [-0.25, -0.2) is 0 Å². The molecule has 1 N–H and O–H groups in total. The van der Waals surface area contributed by atoms with Crippen LogP contribution < -0.4 is 0 Å². The summed E-state index contributed by atoms with van der Waals surface area (Å²) in [6.45, 7) is 7.77. The van der Waals surface area contributed by atoms with Gasteiger partial charge in [0.2, 0.25) is 5.91 Å². The topological polar surface area (TPSA) is 40.5 Å². The van der Waals surface area contributed by atoms with E-state index in [0.29, 0.717) is 18.9 Å². The van der Waals surface area contributed by atoms with Gasteiger partial charge in [-0.05, 0) is 43.2 Å². The molecule has 0 aliphatic carbocycles. The summed E-state index contributed by atoms with van der Waals surface area (Å²) >= 11 is 0. The second-order valence-electron chi connectivity index (χ2n) is 7.04. The Kier molecular flexibility index (Phi) is 6.01. The molecule has 1 heterocycles. The molecule has 122 valence electrons. The predicted molar refractivity (Wildman–Crippen MR) is 89.7 cm³/mol. The highest BCUT2D eigenvalue weighted by Gasteiger charge is 2.28. The fraction of sp³-hybridized carbons (Fsp3) is 0.632. The first-order valence-corrected chi connectivity index (χ1v) is 8.49. The summed E-state index contributed by atoms with van der Waals surface area (Å²) < 4.78 is 0. The minimum Gasteiger partial charge on any atom is -0.393 e. The van der Waals surface area contributed by atoms with Gasteiger partial charge in [-0.3, -0.25) is 4.79 Å². The highest BCUT2D eigenvalue weighted by atomic mass is 16.3. The van der Waals surface area contributed by atoms with E-state index in [4.69, 9.17) is 0 Å². The van der Waals surface area contributed by atoms with Gasteiger partial charge >= 0.3 is 0 Å². The van der Waals surface area contributed by atoms with E-state index in [0.717, 1.165) is 25.8 Å². The highest BCUT2D eigenvalue weighted by Crippen LogP contribution is 2.20. The van der Waals surface area contributed by atoms with Crippen molar-refractivity contribution in [3.05, 3.63) is 35.4 Å². The number of carbonyl (C=O) groups excluding carboxylic acids is 1. The first-order chi connectivity index (χ1) is 10.5. The third kappa shape index (κ3) is 4.84. The molecule has 22 heavy (non-hydrogen) atoms. The van der Waals surface area contributed by atoms with Crippen molar-refractivity contribution in [3.63, 3.8) is 0 Å². The van der Waals surface area contributed by atoms with Crippen molar-refractivity contribution in [1.29, 1.82) is 0 Å². The van der Waals surface area contributed by atoms with Crippen molar-refractivity contribution >= 4 is 5.91 Å². The molecule has 1 aliphatic heterocycles. The minimum atomic E-state index is -0.314. The maximum atomic E-state index is 12.2. The lowest BCUT2D eigenvalue weighted by Crippen LogP contribution is -2.30. The number of nitrogens with zero attached hydrogens (tertiary/aromatic N) is 1. The molecular formula is C19H29NO2. The number of aliphatic hydroxyl groups is 1. The van der Waals surface area contributed by atoms with E-state index in [1.54, 1.807) is 0 Å². The smallest absolute Gasteiger partial charge is 0.222 e. The molecular weight excluding hydrogens is 274 g/mol. The van der Waals surface area contributed by atoms with Gasteiger partial charge in [-0.1, -0.05) is 38.1 Å². The first kappa shape index (κ1) is 17.0. The van der Waals surface area contributed by atoms with Crippen LogP contribution in [0, 0.1) is 11.8 Å². The third-order valence-corrected chi connectivity index (χ3v) is 4.55. The average molecular weight is 303 g/mol. The summed E-state index contributed by atoms with van der Waals surface area (Å²) in [6, 6.07) is 8.65. The molecule has 0 bridgehead atoms. The Bertz CT molecular complexity index is 479. The molecule has 1 aromatic rings. The Morgan fingerprint density at radius 1 is 1.23 bits per heavy atom. The number of carbonyl (C=O) groups is 1. The highest BCUT2D eigenvalue weighted by molar-refractivity contribution is 5.76. The molecule has 3 heteroatoms. The van der Waals surface area contributed by atoms with Gasteiger partial charge in [-0.15, -0.1) is 0 Å². The second kappa shape index (κ2) is 7.77. The van der Waals surface area contributed by atoms with E-state index in [-0.39, 0.29) is 17.9 Å². The van der Waals surface area contributed by atoms with Crippen LogP contribution >= 0.6 is 0 Å². The number of amides is 1. The normalized spacial score (nSPS) is 19.7. The lowest BCUT2D eigenvalue weighted by atomic mass is 10.0. The van der Waals surface area contributed by atoms with Crippen LogP contribution in [0.3, 0.4) is 0 Å². The second-order valence-corrected chi connectivity index (χ2v) is 7.04. The summed E-state index contributed by atoms with van der Waals surface area (Å²) in [5.74, 6) is 1.14. The van der Waals surface area contributed by atoms with Gasteiger partial charge in [0.1, 0.15) is 0 Å². The molecule has 1 saturated heterocycles. The number of aliphatic hydroxyl groups excluding tert-OH is 1. The van der Waals surface area contributed by atoms with E-state index in [1.807, 2.05) is 11.8 Å². The number of aryl methyl sites for hydroxylation is 1. The third-order valence-electron chi connectivity index (χ3n) is 4.55. The van der Waals surface area contributed by atoms with Crippen LogP contribution in [0.5, 0.6) is 0 Å². The van der Waals surface area contributed by atoms with Crippen molar-refractivity contribution in [3.8, 4) is 0 Å². The van der Waals surface area contributed by atoms with E-state index in [1.165, 1.54) is 11.1 Å². The number of hydrogen-bond donors (Lipinski definition) is 1. The van der Waals surface area contributed by atoms with Gasteiger partial charge in [0.15, 0.2) is 0 Å². The number of rotatable bonds is 6. The molecule has 0 saturated carbocycles. The van der Waals surface area contributed by atoms with E-state index < -0.39 is 0 Å². The van der Waals surface area contributed by atoms with E-state index >= 15 is 0 Å². The largest absolute Gasteiger partial charge is 0.393 e. The van der Waals surface area contributed by atoms with Crippen LogP contribution in [0.1, 0.15) is 44.7 Å². The maximum absolute atomic E-state index is 12.2. The Hall–Kier alpha value is -1.35. The molecule has 1 aliphatic rings. The van der Waals surface area contributed by atoms with Gasteiger partial charge < -0.3 is 10.0 Å². The zero-order valence-electron chi connectivity index (χ0n) is 14.1. The molecule has 0 spiro atoms. The fourth-order valence-electron chi connectivity index (χ4n) is 3.13. The Morgan fingerprint density at radius 3 is 2.41 bits per heavy atom. The fourth-order valence-corrected chi connectivity index (χ4v) is 3.13. The maximum Gasteiger partial charge on any atom is 0.222 e. The number of likely N-dealkylation sites (tertiary alicyclic amines) is 1. The van der Waals surface area contributed by atoms with Crippen molar-refractivity contribution in [2.24, 2.45) is 11.8 Å². The lowest BCUT2D eigenvalue weighted by Gasteiger charge is -2.17. The molecule has 2 rings (SSSR count). The molecule has 2 unspecified atom stereocenters. The number of hydrogen-bond acceptors (Lipinski definition) is 2. The molecule has 0 radical (unpaired) electrons. The molecule has 3 nitrogen and oxygen atoms in total. The molecule has 0 aromatic heterocycles. The lowest BCUT2D eigenvalue weighted by molar-refractivity contribution is -0.130. The van der Waals surface area contributed by atoms with Crippen molar-refractivity contribution in [2.45, 2.75) is 52.6 Å². The summed E-state index contributed by atoms with van der Waals surface area (Å²) in [6.07, 6.45) is 3.08. The summed E-state index contributed by atoms with van der Waals surface area (Å²) in [7, 11) is 0. The van der Waals surface area contributed by atoms with Gasteiger partial charge in [0, 0.05) is 25.4 Å². The SMILES string of the molecule is CC(C)Cc1ccc(CCC(=O)N2CCC(C(C)O)C2)cc1. The minimum absolute atomic E-state index is 0.217. The van der Waals surface area contributed by atoms with E-state index in [2.05, 4.69) is 38.1 Å². The summed E-state index contributed by atoms with van der Waals surface area (Å²) in [5.41, 5.74) is 2.59. The quantitative estimate of drug-likeness (QED) is 0.877. The average Bonchev–Trinajstić information content (AvgIpc) is 2.96. The van der Waals surface area contributed by atoms with Crippen LogP contribution in [0.2, 0.25) is 0 Å². The zero-order valence-corrected chi connectivity index (χ0v) is 14.1. The summed E-state index contributed by atoms with van der Waals surface area (Å²) in [5, 5.41) is 9.61. The molecule has 1 aromatic carbocycles. The monoisotopic (exact) mass is 303 g/mol. The molecule has 1 amide bonds. The van der Waals surface area contributed by atoms with E-state index in [9.17, 15) is 9.90 Å². The van der Waals surface area contributed by atoms with Crippen LogP contribution in [-0.2, 0) is 17.6 Å². The predicted octanol–water partition coefficient (Wildman–Crippen LogP) is 3.05. The van der Waals surface area contributed by atoms with Crippen LogP contribution in [0.4, 0.5) is 0 Å². The van der Waals surface area contributed by atoms with Crippen molar-refractivity contribution < 1.29 is 9.90 Å². The summed E-state index contributed by atoms with van der Waals surface area (Å²) in [4.78, 5) is 14.2. The van der Waals surface area contributed by atoms with Crippen LogP contribution in [0.15, 0.2) is 24.3 Å². The standard InChI is InChI=1S/C19H29NO2/c1-14(2)12-17-6-4-16(5-7-17)8-9-19(22)20-11-10-18(13-20)15(3)21/h4-7,14-15,18,21H,8-13H2,1-3H3. The Morgan fingerprint density at radius 2 is 1.86 bits per heavy atom. The molecule has 1 fully saturated rings. The zero-order chi connectivity index (χ0) is 16.1. The van der Waals surface area contributed by atoms with Gasteiger partial charge in [-0.2, -0.15) is 0 Å².